The first-order chi connectivity index (χ1) is 14.0. The van der Waals surface area contributed by atoms with E-state index in [9.17, 15) is 9.59 Å². The molecule has 1 N–H and O–H groups in total. The molecular formula is C22H23ClN4O2. The van der Waals surface area contributed by atoms with Gasteiger partial charge >= 0.3 is 0 Å². The number of hydrogen-bond acceptors (Lipinski definition) is 4. The minimum atomic E-state index is -0.368. The Morgan fingerprint density at radius 3 is 2.34 bits per heavy atom. The zero-order valence-corrected chi connectivity index (χ0v) is 17.0. The maximum Gasteiger partial charge on any atom is 0.287 e. The van der Waals surface area contributed by atoms with E-state index in [0.717, 1.165) is 11.1 Å². The number of nitrogens with zero attached hydrogens (tertiary/aromatic N) is 3. The molecule has 0 aliphatic carbocycles. The molecule has 0 radical (unpaired) electrons. The lowest BCUT2D eigenvalue weighted by molar-refractivity contribution is -0.130. The average molecular weight is 411 g/mol. The van der Waals surface area contributed by atoms with Crippen LogP contribution in [0.3, 0.4) is 0 Å². The van der Waals surface area contributed by atoms with E-state index in [4.69, 9.17) is 11.6 Å². The molecule has 1 amide bonds. The molecule has 7 heteroatoms. The van der Waals surface area contributed by atoms with Crippen LogP contribution >= 0.6 is 11.6 Å². The lowest BCUT2D eigenvalue weighted by Gasteiger charge is -2.18. The summed E-state index contributed by atoms with van der Waals surface area (Å²) in [7, 11) is 1.77. The number of anilines is 1. The van der Waals surface area contributed by atoms with Gasteiger partial charge in [-0.25, -0.2) is 4.68 Å². The average Bonchev–Trinajstić information content (AvgIpc) is 2.74. The topological polar surface area (TPSA) is 67.2 Å². The highest BCUT2D eigenvalue weighted by Crippen LogP contribution is 2.15. The fourth-order valence-electron chi connectivity index (χ4n) is 2.90. The van der Waals surface area contributed by atoms with Gasteiger partial charge in [0.25, 0.3) is 5.56 Å². The molecular weight excluding hydrogens is 388 g/mol. The van der Waals surface area contributed by atoms with Crippen molar-refractivity contribution in [3.05, 3.63) is 93.4 Å². The number of carbonyl (C=O) groups is 1. The number of amides is 1. The highest BCUT2D eigenvalue weighted by atomic mass is 35.5. The Hall–Kier alpha value is -3.12. The standard InChI is InChI=1S/C22H23ClN4O2/c1-26(15-17-8-4-2-5-9-17)20(28)12-13-24-19-14-25-27(22(29)21(19)23)16-18-10-6-3-7-11-18/h2-11,14,24H,12-13,15-16H2,1H3. The molecule has 6 nitrogen and oxygen atoms in total. The molecule has 2 aromatic carbocycles. The molecule has 3 rings (SSSR count). The van der Waals surface area contributed by atoms with Gasteiger partial charge in [-0.05, 0) is 11.1 Å². The Balaban J connectivity index is 1.54. The summed E-state index contributed by atoms with van der Waals surface area (Å²) in [6, 6.07) is 19.4. The third-order valence-electron chi connectivity index (χ3n) is 4.50. The van der Waals surface area contributed by atoms with Crippen LogP contribution in [0.15, 0.2) is 71.7 Å². The monoisotopic (exact) mass is 410 g/mol. The van der Waals surface area contributed by atoms with Crippen LogP contribution < -0.4 is 10.9 Å². The molecule has 0 aliphatic heterocycles. The maximum absolute atomic E-state index is 12.5. The molecule has 0 saturated heterocycles. The van der Waals surface area contributed by atoms with Crippen molar-refractivity contribution in [2.24, 2.45) is 0 Å². The van der Waals surface area contributed by atoms with Crippen LogP contribution in [0, 0.1) is 0 Å². The van der Waals surface area contributed by atoms with Gasteiger partial charge in [-0.15, -0.1) is 0 Å². The summed E-state index contributed by atoms with van der Waals surface area (Å²) in [5, 5.41) is 7.29. The van der Waals surface area contributed by atoms with Gasteiger partial charge in [-0.1, -0.05) is 72.3 Å². The first-order valence-corrected chi connectivity index (χ1v) is 9.73. The molecule has 29 heavy (non-hydrogen) atoms. The number of halogens is 1. The summed E-state index contributed by atoms with van der Waals surface area (Å²) in [6.45, 7) is 1.27. The van der Waals surface area contributed by atoms with Crippen molar-refractivity contribution < 1.29 is 4.79 Å². The van der Waals surface area contributed by atoms with E-state index in [1.54, 1.807) is 11.9 Å². The molecule has 150 valence electrons. The summed E-state index contributed by atoms with van der Waals surface area (Å²) in [6.07, 6.45) is 1.80. The van der Waals surface area contributed by atoms with Crippen molar-refractivity contribution in [3.8, 4) is 0 Å². The van der Waals surface area contributed by atoms with Gasteiger partial charge in [0.15, 0.2) is 0 Å². The number of benzene rings is 2. The lowest BCUT2D eigenvalue weighted by Crippen LogP contribution is -2.28. The predicted molar refractivity (Wildman–Crippen MR) is 115 cm³/mol. The fourth-order valence-corrected chi connectivity index (χ4v) is 3.11. The summed E-state index contributed by atoms with van der Waals surface area (Å²) >= 11 is 6.22. The quantitative estimate of drug-likeness (QED) is 0.618. The van der Waals surface area contributed by atoms with Crippen LogP contribution in [-0.4, -0.2) is 34.2 Å². The van der Waals surface area contributed by atoms with E-state index >= 15 is 0 Å². The van der Waals surface area contributed by atoms with E-state index in [0.29, 0.717) is 25.3 Å². The Kier molecular flexibility index (Phi) is 7.03. The second-order valence-electron chi connectivity index (χ2n) is 6.73. The van der Waals surface area contributed by atoms with Gasteiger partial charge in [0.2, 0.25) is 5.91 Å². The first kappa shape index (κ1) is 20.6. The molecule has 0 atom stereocenters. The maximum atomic E-state index is 12.5. The normalized spacial score (nSPS) is 10.6. The van der Waals surface area contributed by atoms with Crippen molar-refractivity contribution in [2.45, 2.75) is 19.5 Å². The van der Waals surface area contributed by atoms with Crippen molar-refractivity contribution in [1.29, 1.82) is 0 Å². The zero-order valence-electron chi connectivity index (χ0n) is 16.2. The Morgan fingerprint density at radius 1 is 1.07 bits per heavy atom. The van der Waals surface area contributed by atoms with E-state index in [1.807, 2.05) is 60.7 Å². The first-order valence-electron chi connectivity index (χ1n) is 9.36. The van der Waals surface area contributed by atoms with Crippen LogP contribution in [0.4, 0.5) is 5.69 Å². The van der Waals surface area contributed by atoms with Crippen molar-refractivity contribution in [2.75, 3.05) is 18.9 Å². The second-order valence-corrected chi connectivity index (χ2v) is 7.11. The van der Waals surface area contributed by atoms with Crippen molar-refractivity contribution >= 4 is 23.2 Å². The highest BCUT2D eigenvalue weighted by Gasteiger charge is 2.12. The van der Waals surface area contributed by atoms with Crippen molar-refractivity contribution in [1.82, 2.24) is 14.7 Å². The minimum absolute atomic E-state index is 0.00264. The highest BCUT2D eigenvalue weighted by molar-refractivity contribution is 6.32. The van der Waals surface area contributed by atoms with Gasteiger partial charge in [-0.3, -0.25) is 9.59 Å². The van der Waals surface area contributed by atoms with Gasteiger partial charge in [0, 0.05) is 26.6 Å². The summed E-state index contributed by atoms with van der Waals surface area (Å²) in [5.41, 5.74) is 2.10. The summed E-state index contributed by atoms with van der Waals surface area (Å²) < 4.78 is 1.32. The Morgan fingerprint density at radius 2 is 1.69 bits per heavy atom. The predicted octanol–water partition coefficient (Wildman–Crippen LogP) is 3.41. The van der Waals surface area contributed by atoms with Gasteiger partial charge < -0.3 is 10.2 Å². The molecule has 1 heterocycles. The molecule has 0 spiro atoms. The smallest absolute Gasteiger partial charge is 0.287 e. The number of rotatable bonds is 8. The minimum Gasteiger partial charge on any atom is -0.382 e. The lowest BCUT2D eigenvalue weighted by atomic mass is 10.2. The van der Waals surface area contributed by atoms with Crippen LogP contribution in [0.5, 0.6) is 0 Å². The van der Waals surface area contributed by atoms with Gasteiger partial charge in [-0.2, -0.15) is 5.10 Å². The Labute approximate surface area is 174 Å². The number of nitrogens with one attached hydrogen (secondary N) is 1. The molecule has 3 aromatic rings. The van der Waals surface area contributed by atoms with E-state index < -0.39 is 0 Å². The third kappa shape index (κ3) is 5.68. The molecule has 0 saturated carbocycles. The molecule has 0 unspecified atom stereocenters. The van der Waals surface area contributed by atoms with Gasteiger partial charge in [0.1, 0.15) is 5.02 Å². The molecule has 0 aliphatic rings. The number of carbonyl (C=O) groups excluding carboxylic acids is 1. The third-order valence-corrected chi connectivity index (χ3v) is 4.87. The van der Waals surface area contributed by atoms with E-state index in [-0.39, 0.29) is 22.9 Å². The van der Waals surface area contributed by atoms with E-state index in [1.165, 1.54) is 10.9 Å². The summed E-state index contributed by atoms with van der Waals surface area (Å²) in [5.74, 6) is 0.00264. The molecule has 1 aromatic heterocycles. The zero-order chi connectivity index (χ0) is 20.6. The second kappa shape index (κ2) is 9.89. The SMILES string of the molecule is CN(Cc1ccccc1)C(=O)CCNc1cnn(Cc2ccccc2)c(=O)c1Cl. The van der Waals surface area contributed by atoms with Crippen LogP contribution in [-0.2, 0) is 17.9 Å². The van der Waals surface area contributed by atoms with E-state index in [2.05, 4.69) is 10.4 Å². The largest absolute Gasteiger partial charge is 0.382 e. The van der Waals surface area contributed by atoms with Crippen LogP contribution in [0.25, 0.3) is 0 Å². The fraction of sp³-hybridized carbons (Fsp3) is 0.227. The van der Waals surface area contributed by atoms with Gasteiger partial charge in [0.05, 0.1) is 18.4 Å². The van der Waals surface area contributed by atoms with Crippen molar-refractivity contribution in [3.63, 3.8) is 0 Å². The molecule has 0 bridgehead atoms. The molecule has 0 fully saturated rings. The van der Waals surface area contributed by atoms with Crippen LogP contribution in [0.1, 0.15) is 17.5 Å². The Bertz CT molecular complexity index is 1010. The van der Waals surface area contributed by atoms with Crippen LogP contribution in [0.2, 0.25) is 5.02 Å². The summed E-state index contributed by atoms with van der Waals surface area (Å²) in [4.78, 5) is 26.4. The number of aromatic nitrogens is 2. The number of hydrogen-bond donors (Lipinski definition) is 1.